The molecule has 0 aromatic rings. The minimum atomic E-state index is -4.16. The second-order valence-electron chi connectivity index (χ2n) is 2.91. The number of hydrogen-bond acceptors (Lipinski definition) is 2. The maximum atomic E-state index is 12.3. The second-order valence-corrected chi connectivity index (χ2v) is 2.91. The molecule has 0 spiro atoms. The van der Waals surface area contributed by atoms with Crippen molar-refractivity contribution in [3.05, 3.63) is 0 Å². The molecule has 1 rings (SSSR count). The van der Waals surface area contributed by atoms with Gasteiger partial charge < -0.3 is 11.1 Å². The molecule has 0 aliphatic carbocycles. The molecule has 3 N–H and O–H groups in total. The zero-order chi connectivity index (χ0) is 8.54. The van der Waals surface area contributed by atoms with Crippen LogP contribution in [0.1, 0.15) is 6.42 Å². The molecule has 0 saturated carbocycles. The molecule has 1 saturated heterocycles. The number of hydrogen-bond donors (Lipinski definition) is 2. The molecule has 5 heteroatoms. The van der Waals surface area contributed by atoms with Crippen LogP contribution < -0.4 is 11.1 Å². The molecule has 11 heavy (non-hydrogen) atoms. The SMILES string of the molecule is NCC1(C(F)(F)F)CCNC1. The Morgan fingerprint density at radius 1 is 1.45 bits per heavy atom. The van der Waals surface area contributed by atoms with E-state index in [0.29, 0.717) is 6.54 Å². The van der Waals surface area contributed by atoms with Crippen molar-refractivity contribution in [2.24, 2.45) is 11.1 Å². The number of halogens is 3. The molecule has 1 aliphatic rings. The van der Waals surface area contributed by atoms with E-state index in [0.717, 1.165) is 0 Å². The van der Waals surface area contributed by atoms with Crippen molar-refractivity contribution in [3.63, 3.8) is 0 Å². The minimum absolute atomic E-state index is 0.0347. The third kappa shape index (κ3) is 1.35. The highest BCUT2D eigenvalue weighted by atomic mass is 19.4. The van der Waals surface area contributed by atoms with Crippen molar-refractivity contribution in [2.45, 2.75) is 12.6 Å². The van der Waals surface area contributed by atoms with Gasteiger partial charge in [-0.3, -0.25) is 0 Å². The lowest BCUT2D eigenvalue weighted by Gasteiger charge is -2.28. The van der Waals surface area contributed by atoms with Crippen molar-refractivity contribution in [1.29, 1.82) is 0 Å². The van der Waals surface area contributed by atoms with E-state index < -0.39 is 11.6 Å². The third-order valence-electron chi connectivity index (χ3n) is 2.24. The Morgan fingerprint density at radius 2 is 2.09 bits per heavy atom. The molecule has 1 atom stereocenters. The number of nitrogens with one attached hydrogen (secondary N) is 1. The van der Waals surface area contributed by atoms with E-state index in [1.54, 1.807) is 0 Å². The first-order valence-electron chi connectivity index (χ1n) is 3.49. The molecule has 0 aromatic heterocycles. The van der Waals surface area contributed by atoms with Gasteiger partial charge in [-0.1, -0.05) is 0 Å². The van der Waals surface area contributed by atoms with E-state index >= 15 is 0 Å². The van der Waals surface area contributed by atoms with Gasteiger partial charge >= 0.3 is 6.18 Å². The Labute approximate surface area is 62.9 Å². The van der Waals surface area contributed by atoms with E-state index in [2.05, 4.69) is 5.32 Å². The Kier molecular flexibility index (Phi) is 2.11. The summed E-state index contributed by atoms with van der Waals surface area (Å²) >= 11 is 0. The molecule has 0 aromatic carbocycles. The molecule has 2 nitrogen and oxygen atoms in total. The molecule has 0 amide bonds. The molecular weight excluding hydrogens is 157 g/mol. The van der Waals surface area contributed by atoms with E-state index in [-0.39, 0.29) is 19.5 Å². The number of nitrogens with two attached hydrogens (primary N) is 1. The summed E-state index contributed by atoms with van der Waals surface area (Å²) in [6, 6.07) is 0. The Bertz CT molecular complexity index is 137. The molecule has 1 aliphatic heterocycles. The normalized spacial score (nSPS) is 32.7. The summed E-state index contributed by atoms with van der Waals surface area (Å²) in [5.74, 6) is 0. The molecule has 1 heterocycles. The molecule has 1 unspecified atom stereocenters. The highest BCUT2D eigenvalue weighted by Crippen LogP contribution is 2.41. The topological polar surface area (TPSA) is 38.0 Å². The van der Waals surface area contributed by atoms with E-state index in [1.807, 2.05) is 0 Å². The maximum Gasteiger partial charge on any atom is 0.396 e. The lowest BCUT2D eigenvalue weighted by molar-refractivity contribution is -0.213. The van der Waals surface area contributed by atoms with Crippen LogP contribution in [0.4, 0.5) is 13.2 Å². The molecule has 0 bridgehead atoms. The summed E-state index contributed by atoms with van der Waals surface area (Å²) in [7, 11) is 0. The summed E-state index contributed by atoms with van der Waals surface area (Å²) in [4.78, 5) is 0. The van der Waals surface area contributed by atoms with Gasteiger partial charge in [-0.05, 0) is 13.0 Å². The predicted octanol–water partition coefficient (Wildman–Crippen LogP) is 0.487. The number of alkyl halides is 3. The van der Waals surface area contributed by atoms with Crippen molar-refractivity contribution in [2.75, 3.05) is 19.6 Å². The average Bonchev–Trinajstić information content (AvgIpc) is 2.33. The highest BCUT2D eigenvalue weighted by Gasteiger charge is 2.54. The van der Waals surface area contributed by atoms with Gasteiger partial charge in [-0.25, -0.2) is 0 Å². The van der Waals surface area contributed by atoms with Gasteiger partial charge in [0, 0.05) is 13.1 Å². The predicted molar refractivity (Wildman–Crippen MR) is 35.0 cm³/mol. The molecule has 0 radical (unpaired) electrons. The summed E-state index contributed by atoms with van der Waals surface area (Å²) in [6.07, 6.45) is -4.06. The van der Waals surface area contributed by atoms with Crippen LogP contribution in [0.25, 0.3) is 0 Å². The van der Waals surface area contributed by atoms with Crippen LogP contribution in [0.15, 0.2) is 0 Å². The number of rotatable bonds is 1. The smallest absolute Gasteiger partial charge is 0.330 e. The van der Waals surface area contributed by atoms with Crippen molar-refractivity contribution in [1.82, 2.24) is 5.32 Å². The van der Waals surface area contributed by atoms with Crippen molar-refractivity contribution >= 4 is 0 Å². The average molecular weight is 168 g/mol. The highest BCUT2D eigenvalue weighted by molar-refractivity contribution is 4.94. The fourth-order valence-electron chi connectivity index (χ4n) is 1.28. The van der Waals surface area contributed by atoms with Gasteiger partial charge in [-0.2, -0.15) is 13.2 Å². The van der Waals surface area contributed by atoms with Crippen LogP contribution in [-0.2, 0) is 0 Å². The van der Waals surface area contributed by atoms with Gasteiger partial charge in [0.1, 0.15) is 0 Å². The molecule has 66 valence electrons. The zero-order valence-corrected chi connectivity index (χ0v) is 6.04. The lowest BCUT2D eigenvalue weighted by Crippen LogP contribution is -2.45. The maximum absolute atomic E-state index is 12.3. The fourth-order valence-corrected chi connectivity index (χ4v) is 1.28. The summed E-state index contributed by atoms with van der Waals surface area (Å²) in [6.45, 7) is 0.0627. The second kappa shape index (κ2) is 2.64. The van der Waals surface area contributed by atoms with Gasteiger partial charge in [0.25, 0.3) is 0 Å². The summed E-state index contributed by atoms with van der Waals surface area (Å²) < 4.78 is 36.9. The summed E-state index contributed by atoms with van der Waals surface area (Å²) in [5, 5.41) is 2.67. The molecule has 1 fully saturated rings. The van der Waals surface area contributed by atoms with Gasteiger partial charge in [-0.15, -0.1) is 0 Å². The quantitative estimate of drug-likeness (QED) is 0.598. The minimum Gasteiger partial charge on any atom is -0.330 e. The molecular formula is C6H11F3N2. The van der Waals surface area contributed by atoms with Crippen LogP contribution >= 0.6 is 0 Å². The zero-order valence-electron chi connectivity index (χ0n) is 6.04. The van der Waals surface area contributed by atoms with Gasteiger partial charge in [0.15, 0.2) is 0 Å². The van der Waals surface area contributed by atoms with Gasteiger partial charge in [0.05, 0.1) is 5.41 Å². The summed E-state index contributed by atoms with van der Waals surface area (Å²) in [5.41, 5.74) is 3.44. The van der Waals surface area contributed by atoms with Crippen LogP contribution in [0.5, 0.6) is 0 Å². The van der Waals surface area contributed by atoms with E-state index in [9.17, 15) is 13.2 Å². The monoisotopic (exact) mass is 168 g/mol. The first kappa shape index (κ1) is 8.80. The van der Waals surface area contributed by atoms with Crippen molar-refractivity contribution < 1.29 is 13.2 Å². The van der Waals surface area contributed by atoms with Crippen LogP contribution in [0.3, 0.4) is 0 Å². The Balaban J connectivity index is 2.75. The third-order valence-corrected chi connectivity index (χ3v) is 2.24. The lowest BCUT2D eigenvalue weighted by atomic mass is 9.87. The van der Waals surface area contributed by atoms with Crippen LogP contribution in [0.2, 0.25) is 0 Å². The standard InChI is InChI=1S/C6H11F3N2/c7-6(8,9)5(3-10)1-2-11-4-5/h11H,1-4,10H2. The Morgan fingerprint density at radius 3 is 2.27 bits per heavy atom. The van der Waals surface area contributed by atoms with Crippen LogP contribution in [0, 0.1) is 5.41 Å². The van der Waals surface area contributed by atoms with E-state index in [1.165, 1.54) is 0 Å². The fraction of sp³-hybridized carbons (Fsp3) is 1.00. The Hall–Kier alpha value is -0.290. The van der Waals surface area contributed by atoms with Gasteiger partial charge in [0.2, 0.25) is 0 Å². The first-order valence-corrected chi connectivity index (χ1v) is 3.49. The first-order chi connectivity index (χ1) is 5.02. The van der Waals surface area contributed by atoms with Crippen LogP contribution in [-0.4, -0.2) is 25.8 Å². The van der Waals surface area contributed by atoms with Crippen molar-refractivity contribution in [3.8, 4) is 0 Å². The largest absolute Gasteiger partial charge is 0.396 e. The van der Waals surface area contributed by atoms with E-state index in [4.69, 9.17) is 5.73 Å².